The topological polar surface area (TPSA) is 67.8 Å². The van der Waals surface area contributed by atoms with E-state index in [4.69, 9.17) is 15.7 Å². The highest BCUT2D eigenvalue weighted by atomic mass is 127. The number of nitrogens with two attached hydrogens (primary N) is 1. The molecule has 0 aliphatic heterocycles. The van der Waals surface area contributed by atoms with E-state index < -0.39 is 0 Å². The molecule has 2 aromatic rings. The molecule has 0 amide bonds. The van der Waals surface area contributed by atoms with Gasteiger partial charge in [-0.3, -0.25) is 0 Å². The summed E-state index contributed by atoms with van der Waals surface area (Å²) in [5, 5.41) is 11.8. The van der Waals surface area contributed by atoms with Gasteiger partial charge in [0.05, 0.1) is 0 Å². The van der Waals surface area contributed by atoms with Crippen LogP contribution in [0.5, 0.6) is 5.75 Å². The smallest absolute Gasteiger partial charge is 0.170 e. The van der Waals surface area contributed by atoms with Crippen molar-refractivity contribution in [2.24, 2.45) is 10.9 Å². The van der Waals surface area contributed by atoms with Crippen molar-refractivity contribution in [1.29, 1.82) is 0 Å². The number of benzene rings is 2. The average Bonchev–Trinajstić information content (AvgIpc) is 2.47. The van der Waals surface area contributed by atoms with Crippen molar-refractivity contribution >= 4 is 28.4 Å². The van der Waals surface area contributed by atoms with E-state index in [2.05, 4.69) is 52.0 Å². The number of nitrogens with zero attached hydrogens (tertiary/aromatic N) is 1. The summed E-state index contributed by atoms with van der Waals surface area (Å²) in [5.74, 6) is 0.938. The molecule has 2 rings (SSSR count). The van der Waals surface area contributed by atoms with E-state index in [0.717, 1.165) is 22.4 Å². The van der Waals surface area contributed by atoms with Crippen LogP contribution in [0.4, 0.5) is 0 Å². The summed E-state index contributed by atoms with van der Waals surface area (Å²) in [6.45, 7) is 4.41. The minimum atomic E-state index is 0.102. The highest BCUT2D eigenvalue weighted by molar-refractivity contribution is 14.1. The molecular weight excluding hydrogens is 379 g/mol. The first-order chi connectivity index (χ1) is 10.0. The number of rotatable bonds is 4. The Bertz CT molecular complexity index is 643. The first-order valence-corrected chi connectivity index (χ1v) is 7.55. The van der Waals surface area contributed by atoms with Gasteiger partial charge in [-0.2, -0.15) is 0 Å². The Morgan fingerprint density at radius 2 is 1.76 bits per heavy atom. The molecule has 0 saturated heterocycles. The van der Waals surface area contributed by atoms with Crippen LogP contribution in [-0.4, -0.2) is 11.0 Å². The number of halogens is 1. The van der Waals surface area contributed by atoms with E-state index in [1.165, 1.54) is 3.57 Å². The van der Waals surface area contributed by atoms with Gasteiger partial charge in [-0.15, -0.1) is 0 Å². The molecule has 0 unspecified atom stereocenters. The van der Waals surface area contributed by atoms with Crippen LogP contribution in [0.2, 0.25) is 0 Å². The minimum Gasteiger partial charge on any atom is -0.488 e. The predicted molar refractivity (Wildman–Crippen MR) is 91.9 cm³/mol. The Balaban J connectivity index is 2.19. The Morgan fingerprint density at radius 3 is 2.29 bits per heavy atom. The Kier molecular flexibility index (Phi) is 5.06. The molecule has 4 nitrogen and oxygen atoms in total. The van der Waals surface area contributed by atoms with Crippen molar-refractivity contribution in [1.82, 2.24) is 0 Å². The van der Waals surface area contributed by atoms with Crippen molar-refractivity contribution in [3.63, 3.8) is 0 Å². The van der Waals surface area contributed by atoms with Crippen LogP contribution in [0.1, 0.15) is 22.3 Å². The van der Waals surface area contributed by atoms with Crippen LogP contribution in [0.3, 0.4) is 0 Å². The molecule has 0 fully saturated rings. The third kappa shape index (κ3) is 3.87. The van der Waals surface area contributed by atoms with Crippen molar-refractivity contribution in [2.75, 3.05) is 0 Å². The van der Waals surface area contributed by atoms with Gasteiger partial charge < -0.3 is 15.7 Å². The minimum absolute atomic E-state index is 0.102. The first kappa shape index (κ1) is 15.6. The lowest BCUT2D eigenvalue weighted by Crippen LogP contribution is -2.14. The van der Waals surface area contributed by atoms with Gasteiger partial charge in [-0.25, -0.2) is 0 Å². The second kappa shape index (κ2) is 6.80. The van der Waals surface area contributed by atoms with Crippen molar-refractivity contribution in [3.05, 3.63) is 62.2 Å². The van der Waals surface area contributed by atoms with Gasteiger partial charge in [0.25, 0.3) is 0 Å². The SMILES string of the molecule is Cc1cc(C(N)=NO)cc(C)c1OCc1ccc(I)cc1. The summed E-state index contributed by atoms with van der Waals surface area (Å²) in [4.78, 5) is 0. The molecule has 0 aliphatic rings. The van der Waals surface area contributed by atoms with Gasteiger partial charge in [0.1, 0.15) is 12.4 Å². The van der Waals surface area contributed by atoms with Crippen LogP contribution in [0.25, 0.3) is 0 Å². The van der Waals surface area contributed by atoms with Crippen LogP contribution in [0.15, 0.2) is 41.6 Å². The number of hydrogen-bond donors (Lipinski definition) is 2. The molecule has 0 aromatic heterocycles. The molecule has 0 bridgehead atoms. The predicted octanol–water partition coefficient (Wildman–Crippen LogP) is 3.58. The molecule has 0 atom stereocenters. The zero-order valence-corrected chi connectivity index (χ0v) is 14.1. The fourth-order valence-electron chi connectivity index (χ4n) is 2.12. The van der Waals surface area contributed by atoms with Gasteiger partial charge in [0, 0.05) is 9.13 Å². The van der Waals surface area contributed by atoms with E-state index in [0.29, 0.717) is 12.2 Å². The van der Waals surface area contributed by atoms with Gasteiger partial charge in [0.15, 0.2) is 5.84 Å². The van der Waals surface area contributed by atoms with E-state index in [1.807, 2.05) is 26.0 Å². The maximum Gasteiger partial charge on any atom is 0.170 e. The third-order valence-corrected chi connectivity index (χ3v) is 3.88. The molecule has 0 aliphatic carbocycles. The largest absolute Gasteiger partial charge is 0.488 e. The molecule has 0 heterocycles. The lowest BCUT2D eigenvalue weighted by molar-refractivity contribution is 0.302. The van der Waals surface area contributed by atoms with Crippen molar-refractivity contribution in [2.45, 2.75) is 20.5 Å². The molecule has 3 N–H and O–H groups in total. The number of aryl methyl sites for hydroxylation is 2. The average molecular weight is 396 g/mol. The fourth-order valence-corrected chi connectivity index (χ4v) is 2.48. The van der Waals surface area contributed by atoms with Gasteiger partial charge in [-0.1, -0.05) is 17.3 Å². The summed E-state index contributed by atoms with van der Waals surface area (Å²) >= 11 is 2.28. The molecule has 2 aromatic carbocycles. The Labute approximate surface area is 137 Å². The highest BCUT2D eigenvalue weighted by Gasteiger charge is 2.09. The van der Waals surface area contributed by atoms with Crippen molar-refractivity contribution < 1.29 is 9.94 Å². The first-order valence-electron chi connectivity index (χ1n) is 6.47. The number of hydrogen-bond acceptors (Lipinski definition) is 3. The normalized spacial score (nSPS) is 11.5. The van der Waals surface area contributed by atoms with Crippen LogP contribution in [-0.2, 0) is 6.61 Å². The molecule has 5 heteroatoms. The molecule has 0 saturated carbocycles. The lowest BCUT2D eigenvalue weighted by atomic mass is 10.1. The lowest BCUT2D eigenvalue weighted by Gasteiger charge is -2.14. The molecular formula is C16H17IN2O2. The van der Waals surface area contributed by atoms with E-state index >= 15 is 0 Å². The van der Waals surface area contributed by atoms with E-state index in [1.54, 1.807) is 0 Å². The van der Waals surface area contributed by atoms with Gasteiger partial charge in [0.2, 0.25) is 0 Å². The summed E-state index contributed by atoms with van der Waals surface area (Å²) in [6.07, 6.45) is 0. The number of oxime groups is 1. The second-order valence-electron chi connectivity index (χ2n) is 4.84. The fraction of sp³-hybridized carbons (Fsp3) is 0.188. The zero-order chi connectivity index (χ0) is 15.4. The monoisotopic (exact) mass is 396 g/mol. The Hall–Kier alpha value is -1.76. The standard InChI is InChI=1S/C16H17IN2O2/c1-10-7-13(16(18)19-20)8-11(2)15(10)21-9-12-3-5-14(17)6-4-12/h3-8,20H,9H2,1-2H3,(H2,18,19). The summed E-state index contributed by atoms with van der Waals surface area (Å²) < 4.78 is 7.12. The Morgan fingerprint density at radius 1 is 1.19 bits per heavy atom. The number of amidine groups is 1. The number of ether oxygens (including phenoxy) is 1. The zero-order valence-electron chi connectivity index (χ0n) is 11.9. The van der Waals surface area contributed by atoms with E-state index in [9.17, 15) is 0 Å². The van der Waals surface area contributed by atoms with Gasteiger partial charge >= 0.3 is 0 Å². The summed E-state index contributed by atoms with van der Waals surface area (Å²) in [5.41, 5.74) is 9.35. The van der Waals surface area contributed by atoms with Crippen LogP contribution >= 0.6 is 22.6 Å². The molecule has 0 radical (unpaired) electrons. The summed E-state index contributed by atoms with van der Waals surface area (Å²) in [7, 11) is 0. The van der Waals surface area contributed by atoms with Crippen LogP contribution in [0, 0.1) is 17.4 Å². The van der Waals surface area contributed by atoms with Crippen LogP contribution < -0.4 is 10.5 Å². The van der Waals surface area contributed by atoms with E-state index in [-0.39, 0.29) is 5.84 Å². The molecule has 21 heavy (non-hydrogen) atoms. The maximum atomic E-state index is 8.74. The van der Waals surface area contributed by atoms with Crippen molar-refractivity contribution in [3.8, 4) is 5.75 Å². The molecule has 110 valence electrons. The second-order valence-corrected chi connectivity index (χ2v) is 6.09. The maximum absolute atomic E-state index is 8.74. The van der Waals surface area contributed by atoms with Gasteiger partial charge in [-0.05, 0) is 77.4 Å². The molecule has 0 spiro atoms. The third-order valence-electron chi connectivity index (χ3n) is 3.16. The quantitative estimate of drug-likeness (QED) is 0.273. The highest BCUT2D eigenvalue weighted by Crippen LogP contribution is 2.26. The summed E-state index contributed by atoms with van der Waals surface area (Å²) in [6, 6.07) is 11.9.